The Hall–Kier alpha value is -5.77. The fourth-order valence-electron chi connectivity index (χ4n) is 5.65. The molecule has 2 aliphatic heterocycles. The number of nitro benzene ring substituents is 1. The minimum Gasteiger partial charge on any atom is -0.492 e. The van der Waals surface area contributed by atoms with Crippen molar-refractivity contribution in [2.75, 3.05) is 16.8 Å². The molecule has 7 rings (SSSR count). The van der Waals surface area contributed by atoms with Crippen molar-refractivity contribution in [2.45, 2.75) is 19.9 Å². The van der Waals surface area contributed by atoms with Crippen LogP contribution in [0.25, 0.3) is 5.69 Å². The zero-order valence-corrected chi connectivity index (χ0v) is 23.5. The second-order valence-corrected chi connectivity index (χ2v) is 10.1. The number of aromatic nitrogens is 2. The Labute approximate surface area is 247 Å². The third-order valence-corrected chi connectivity index (χ3v) is 7.48. The minimum absolute atomic E-state index is 0.0131. The van der Waals surface area contributed by atoms with Gasteiger partial charge in [0.15, 0.2) is 17.5 Å². The summed E-state index contributed by atoms with van der Waals surface area (Å²) in [6.07, 6.45) is 0. The number of nitrogens with one attached hydrogen (secondary N) is 1. The second kappa shape index (κ2) is 10.6. The van der Waals surface area contributed by atoms with Crippen LogP contribution in [0.2, 0.25) is 0 Å². The molecule has 2 aliphatic rings. The quantitative estimate of drug-likeness (QED) is 0.170. The van der Waals surface area contributed by atoms with Crippen molar-refractivity contribution in [1.82, 2.24) is 9.78 Å². The number of ether oxygens (including phenoxy) is 1. The van der Waals surface area contributed by atoms with Gasteiger partial charge in [-0.2, -0.15) is 5.10 Å². The van der Waals surface area contributed by atoms with Gasteiger partial charge in [0.1, 0.15) is 5.75 Å². The van der Waals surface area contributed by atoms with E-state index in [0.717, 1.165) is 39.6 Å². The van der Waals surface area contributed by atoms with Crippen LogP contribution in [0.5, 0.6) is 5.75 Å². The first-order valence-electron chi connectivity index (χ1n) is 14.0. The van der Waals surface area contributed by atoms with Gasteiger partial charge in [0.05, 0.1) is 46.0 Å². The van der Waals surface area contributed by atoms with E-state index in [4.69, 9.17) is 19.8 Å². The van der Waals surface area contributed by atoms with Crippen molar-refractivity contribution >= 4 is 40.2 Å². The number of fused-ring (bicyclic) bond motifs is 4. The third kappa shape index (κ3) is 4.49. The van der Waals surface area contributed by atoms with Crippen LogP contribution < -0.4 is 15.0 Å². The van der Waals surface area contributed by atoms with Gasteiger partial charge in [-0.1, -0.05) is 54.6 Å². The molecule has 0 amide bonds. The predicted molar refractivity (Wildman–Crippen MR) is 168 cm³/mol. The Bertz CT molecular complexity index is 1930. The standard InChI is InChI=1S/C33H27N7O3/c1-3-43-28-19-10-8-17-26(28)35-31-33-36-32-29(21(2)37-39(32)23-13-5-4-6-14-23)30(22-12-11-15-24(20-22)40(41)42)38(33)27-18-9-7-16-25(27)34-31/h4-20,30H,3H2,1-2H3,(H,34,35)/t30-/m1/s1. The first-order chi connectivity index (χ1) is 21.0. The number of nitro groups is 1. The molecule has 10 nitrogen and oxygen atoms in total. The van der Waals surface area contributed by atoms with E-state index in [1.807, 2.05) is 103 Å². The van der Waals surface area contributed by atoms with E-state index >= 15 is 0 Å². The molecule has 1 aromatic heterocycles. The number of para-hydroxylation sites is 5. The van der Waals surface area contributed by atoms with Crippen LogP contribution in [0.3, 0.4) is 0 Å². The maximum absolute atomic E-state index is 11.9. The van der Waals surface area contributed by atoms with Crippen LogP contribution in [0.4, 0.5) is 28.6 Å². The summed E-state index contributed by atoms with van der Waals surface area (Å²) in [5.41, 5.74) is 5.56. The number of rotatable bonds is 6. The number of hydrogen-bond donors (Lipinski definition) is 1. The Morgan fingerprint density at radius 3 is 2.51 bits per heavy atom. The average molecular weight is 570 g/mol. The highest BCUT2D eigenvalue weighted by atomic mass is 16.6. The normalized spacial score (nSPS) is 15.0. The molecular weight excluding hydrogens is 542 g/mol. The van der Waals surface area contributed by atoms with Crippen molar-refractivity contribution in [3.63, 3.8) is 0 Å². The monoisotopic (exact) mass is 569 g/mol. The lowest BCUT2D eigenvalue weighted by Gasteiger charge is -2.40. The molecule has 1 atom stereocenters. The summed E-state index contributed by atoms with van der Waals surface area (Å²) in [7, 11) is 0. The highest BCUT2D eigenvalue weighted by Crippen LogP contribution is 2.48. The molecule has 0 unspecified atom stereocenters. The summed E-state index contributed by atoms with van der Waals surface area (Å²) >= 11 is 0. The summed E-state index contributed by atoms with van der Waals surface area (Å²) in [6.45, 7) is 4.40. The van der Waals surface area contributed by atoms with E-state index in [-0.39, 0.29) is 10.6 Å². The topological polar surface area (TPSA) is 110 Å². The fraction of sp³-hybridized carbons (Fsp3) is 0.121. The number of amidine groups is 2. The number of aliphatic imine (C=N–C) groups is 2. The van der Waals surface area contributed by atoms with E-state index in [0.29, 0.717) is 29.8 Å². The SMILES string of the molecule is CCOc1ccccc1NC1=Nc2ccccc2N2C1=Nc1c(c(C)nn1-c1ccccc1)[C@H]2c1cccc([N+](=O)[O-])c1. The lowest BCUT2D eigenvalue weighted by atomic mass is 9.93. The Kier molecular flexibility index (Phi) is 6.43. The fourth-order valence-corrected chi connectivity index (χ4v) is 5.65. The van der Waals surface area contributed by atoms with Crippen LogP contribution >= 0.6 is 0 Å². The summed E-state index contributed by atoms with van der Waals surface area (Å²) in [5, 5.41) is 20.3. The van der Waals surface area contributed by atoms with Gasteiger partial charge < -0.3 is 15.0 Å². The summed E-state index contributed by atoms with van der Waals surface area (Å²) in [4.78, 5) is 23.8. The lowest BCUT2D eigenvalue weighted by molar-refractivity contribution is -0.384. The van der Waals surface area contributed by atoms with Gasteiger partial charge in [0, 0.05) is 17.7 Å². The zero-order valence-electron chi connectivity index (χ0n) is 23.5. The van der Waals surface area contributed by atoms with E-state index in [1.54, 1.807) is 12.1 Å². The van der Waals surface area contributed by atoms with Crippen molar-refractivity contribution in [2.24, 2.45) is 9.98 Å². The molecule has 0 radical (unpaired) electrons. The van der Waals surface area contributed by atoms with Crippen LogP contribution in [0, 0.1) is 17.0 Å². The zero-order chi connectivity index (χ0) is 29.5. The average Bonchev–Trinajstić information content (AvgIpc) is 3.37. The number of non-ortho nitro benzene ring substituents is 1. The van der Waals surface area contributed by atoms with Gasteiger partial charge in [-0.25, -0.2) is 14.7 Å². The molecule has 0 saturated carbocycles. The molecule has 10 heteroatoms. The smallest absolute Gasteiger partial charge is 0.269 e. The number of nitrogens with zero attached hydrogens (tertiary/aromatic N) is 6. The van der Waals surface area contributed by atoms with Gasteiger partial charge in [-0.15, -0.1) is 0 Å². The maximum Gasteiger partial charge on any atom is 0.269 e. The predicted octanol–water partition coefficient (Wildman–Crippen LogP) is 7.28. The molecule has 43 heavy (non-hydrogen) atoms. The molecule has 3 heterocycles. The van der Waals surface area contributed by atoms with Gasteiger partial charge in [-0.05, 0) is 55.8 Å². The highest BCUT2D eigenvalue weighted by Gasteiger charge is 2.42. The minimum atomic E-state index is -0.476. The summed E-state index contributed by atoms with van der Waals surface area (Å²) in [5.74, 6) is 2.41. The van der Waals surface area contributed by atoms with Gasteiger partial charge in [-0.3, -0.25) is 10.1 Å². The molecule has 4 aromatic carbocycles. The first kappa shape index (κ1) is 26.1. The molecule has 1 N–H and O–H groups in total. The maximum atomic E-state index is 11.9. The number of hydrogen-bond acceptors (Lipinski definition) is 8. The summed E-state index contributed by atoms with van der Waals surface area (Å²) < 4.78 is 7.72. The van der Waals surface area contributed by atoms with Crippen molar-refractivity contribution in [1.29, 1.82) is 0 Å². The molecule has 5 aromatic rings. The van der Waals surface area contributed by atoms with Crippen LogP contribution in [-0.2, 0) is 0 Å². The number of aryl methyl sites for hydroxylation is 1. The third-order valence-electron chi connectivity index (χ3n) is 7.48. The lowest BCUT2D eigenvalue weighted by Crippen LogP contribution is -2.46. The highest BCUT2D eigenvalue weighted by molar-refractivity contribution is 6.51. The molecule has 0 spiro atoms. The molecule has 0 aliphatic carbocycles. The molecular formula is C33H27N7O3. The van der Waals surface area contributed by atoms with Gasteiger partial charge in [0.25, 0.3) is 5.69 Å². The van der Waals surface area contributed by atoms with Crippen LogP contribution in [0.15, 0.2) is 113 Å². The van der Waals surface area contributed by atoms with E-state index in [9.17, 15) is 10.1 Å². The number of anilines is 2. The molecule has 0 saturated heterocycles. The first-order valence-corrected chi connectivity index (χ1v) is 14.0. The summed E-state index contributed by atoms with van der Waals surface area (Å²) in [6, 6.07) is 31.6. The number of benzene rings is 4. The van der Waals surface area contributed by atoms with Gasteiger partial charge in [0.2, 0.25) is 0 Å². The molecule has 0 bridgehead atoms. The molecule has 212 valence electrons. The Balaban J connectivity index is 1.49. The van der Waals surface area contributed by atoms with Crippen molar-refractivity contribution in [3.05, 3.63) is 130 Å². The van der Waals surface area contributed by atoms with Gasteiger partial charge >= 0.3 is 0 Å². The van der Waals surface area contributed by atoms with Crippen LogP contribution in [0.1, 0.15) is 29.8 Å². The van der Waals surface area contributed by atoms with E-state index < -0.39 is 6.04 Å². The second-order valence-electron chi connectivity index (χ2n) is 10.1. The largest absolute Gasteiger partial charge is 0.492 e. The molecule has 0 fully saturated rings. The Morgan fingerprint density at radius 1 is 0.930 bits per heavy atom. The van der Waals surface area contributed by atoms with Crippen LogP contribution in [-0.4, -0.2) is 33.0 Å². The van der Waals surface area contributed by atoms with Crippen molar-refractivity contribution < 1.29 is 9.66 Å². The van der Waals surface area contributed by atoms with Crippen molar-refractivity contribution in [3.8, 4) is 11.4 Å². The Morgan fingerprint density at radius 2 is 1.70 bits per heavy atom. The van der Waals surface area contributed by atoms with E-state index in [2.05, 4.69) is 10.2 Å². The van der Waals surface area contributed by atoms with E-state index in [1.165, 1.54) is 6.07 Å².